The van der Waals surface area contributed by atoms with Crippen LogP contribution in [0.25, 0.3) is 0 Å². The summed E-state index contributed by atoms with van der Waals surface area (Å²) >= 11 is 5.84. The van der Waals surface area contributed by atoms with Crippen molar-refractivity contribution in [2.75, 3.05) is 5.73 Å². The number of benzene rings is 1. The first-order chi connectivity index (χ1) is 7.25. The highest BCUT2D eigenvalue weighted by atomic mass is 35.5. The van der Waals surface area contributed by atoms with Crippen molar-refractivity contribution in [1.29, 1.82) is 0 Å². The molecule has 5 heteroatoms. The lowest BCUT2D eigenvalue weighted by Crippen LogP contribution is -1.94. The van der Waals surface area contributed by atoms with Crippen LogP contribution >= 0.6 is 11.6 Å². The van der Waals surface area contributed by atoms with Crippen LogP contribution in [0.3, 0.4) is 0 Å². The standard InChI is InChI=1S/C10H9ClN2O2/c11-9-3-8(1-2-10(9)12)14-5-7-4-13-15-6-7/h1-4,6H,5,12H2. The molecule has 4 nitrogen and oxygen atoms in total. The molecule has 0 bridgehead atoms. The van der Waals surface area contributed by atoms with E-state index in [-0.39, 0.29) is 0 Å². The molecular weight excluding hydrogens is 216 g/mol. The van der Waals surface area contributed by atoms with Crippen molar-refractivity contribution >= 4 is 17.3 Å². The highest BCUT2D eigenvalue weighted by molar-refractivity contribution is 6.33. The van der Waals surface area contributed by atoms with Crippen LogP contribution in [0.4, 0.5) is 5.69 Å². The summed E-state index contributed by atoms with van der Waals surface area (Å²) in [6.07, 6.45) is 3.12. The first-order valence-corrected chi connectivity index (χ1v) is 4.69. The molecule has 0 amide bonds. The van der Waals surface area contributed by atoms with Crippen molar-refractivity contribution in [2.24, 2.45) is 0 Å². The lowest BCUT2D eigenvalue weighted by atomic mass is 10.3. The molecule has 0 radical (unpaired) electrons. The third-order valence-corrected chi connectivity index (χ3v) is 2.19. The number of anilines is 1. The van der Waals surface area contributed by atoms with Gasteiger partial charge in [0.1, 0.15) is 18.6 Å². The Morgan fingerprint density at radius 3 is 3.00 bits per heavy atom. The van der Waals surface area contributed by atoms with Crippen LogP contribution in [0.2, 0.25) is 5.02 Å². The van der Waals surface area contributed by atoms with Gasteiger partial charge in [-0.25, -0.2) is 0 Å². The fraction of sp³-hybridized carbons (Fsp3) is 0.100. The van der Waals surface area contributed by atoms with Gasteiger partial charge in [-0.1, -0.05) is 16.8 Å². The summed E-state index contributed by atoms with van der Waals surface area (Å²) in [4.78, 5) is 0. The van der Waals surface area contributed by atoms with E-state index in [2.05, 4.69) is 9.68 Å². The molecule has 2 rings (SSSR count). The number of nitrogens with two attached hydrogens (primary N) is 1. The number of halogens is 1. The van der Waals surface area contributed by atoms with E-state index in [1.54, 1.807) is 24.4 Å². The number of nitrogen functional groups attached to an aromatic ring is 1. The molecule has 1 heterocycles. The minimum absolute atomic E-state index is 0.393. The van der Waals surface area contributed by atoms with Crippen LogP contribution in [-0.4, -0.2) is 5.16 Å². The molecule has 0 atom stereocenters. The fourth-order valence-electron chi connectivity index (χ4n) is 1.06. The summed E-state index contributed by atoms with van der Waals surface area (Å²) in [6, 6.07) is 5.13. The molecule has 1 aromatic heterocycles. The van der Waals surface area contributed by atoms with E-state index < -0.39 is 0 Å². The third-order valence-electron chi connectivity index (χ3n) is 1.86. The maximum atomic E-state index is 5.84. The summed E-state index contributed by atoms with van der Waals surface area (Å²) in [6.45, 7) is 0.393. The zero-order valence-corrected chi connectivity index (χ0v) is 8.57. The van der Waals surface area contributed by atoms with E-state index >= 15 is 0 Å². The average Bonchev–Trinajstić information content (AvgIpc) is 2.73. The van der Waals surface area contributed by atoms with Gasteiger partial charge < -0.3 is 15.0 Å². The minimum Gasteiger partial charge on any atom is -0.489 e. The smallest absolute Gasteiger partial charge is 0.130 e. The topological polar surface area (TPSA) is 61.3 Å². The van der Waals surface area contributed by atoms with Gasteiger partial charge in [0.05, 0.1) is 16.9 Å². The maximum absolute atomic E-state index is 5.84. The van der Waals surface area contributed by atoms with Gasteiger partial charge >= 0.3 is 0 Å². The Morgan fingerprint density at radius 1 is 1.47 bits per heavy atom. The number of nitrogens with zero attached hydrogens (tertiary/aromatic N) is 1. The van der Waals surface area contributed by atoms with Gasteiger partial charge in [0.15, 0.2) is 0 Å². The van der Waals surface area contributed by atoms with E-state index in [4.69, 9.17) is 22.1 Å². The fourth-order valence-corrected chi connectivity index (χ4v) is 1.23. The molecule has 0 saturated carbocycles. The number of rotatable bonds is 3. The normalized spacial score (nSPS) is 10.2. The number of hydrogen-bond acceptors (Lipinski definition) is 4. The molecular formula is C10H9ClN2O2. The van der Waals surface area contributed by atoms with E-state index in [9.17, 15) is 0 Å². The van der Waals surface area contributed by atoms with Crippen molar-refractivity contribution in [3.63, 3.8) is 0 Å². The highest BCUT2D eigenvalue weighted by Gasteiger charge is 2.01. The molecule has 0 unspecified atom stereocenters. The van der Waals surface area contributed by atoms with Crippen LogP contribution in [-0.2, 0) is 6.61 Å². The Kier molecular flexibility index (Phi) is 2.78. The summed E-state index contributed by atoms with van der Waals surface area (Å²) < 4.78 is 10.1. The molecule has 0 fully saturated rings. The van der Waals surface area contributed by atoms with Crippen molar-refractivity contribution in [1.82, 2.24) is 5.16 Å². The second-order valence-corrected chi connectivity index (χ2v) is 3.41. The lowest BCUT2D eigenvalue weighted by molar-refractivity contribution is 0.304. The van der Waals surface area contributed by atoms with Crippen LogP contribution in [0.1, 0.15) is 5.56 Å². The van der Waals surface area contributed by atoms with Crippen LogP contribution in [0.5, 0.6) is 5.75 Å². The van der Waals surface area contributed by atoms with Crippen molar-refractivity contribution in [3.05, 3.63) is 41.2 Å². The molecule has 78 valence electrons. The van der Waals surface area contributed by atoms with Gasteiger partial charge in [0.25, 0.3) is 0 Å². The monoisotopic (exact) mass is 224 g/mol. The lowest BCUT2D eigenvalue weighted by Gasteiger charge is -2.05. The third kappa shape index (κ3) is 2.41. The van der Waals surface area contributed by atoms with Crippen molar-refractivity contribution in [3.8, 4) is 5.75 Å². The molecule has 0 aliphatic carbocycles. The summed E-state index contributed by atoms with van der Waals surface area (Å²) in [5.74, 6) is 0.662. The summed E-state index contributed by atoms with van der Waals surface area (Å²) in [7, 11) is 0. The van der Waals surface area contributed by atoms with E-state index in [0.717, 1.165) is 5.56 Å². The largest absolute Gasteiger partial charge is 0.489 e. The Bertz CT molecular complexity index is 443. The Balaban J connectivity index is 2.02. The van der Waals surface area contributed by atoms with Crippen LogP contribution in [0.15, 0.2) is 35.2 Å². The molecule has 1 aromatic carbocycles. The van der Waals surface area contributed by atoms with Gasteiger partial charge in [0, 0.05) is 11.6 Å². The van der Waals surface area contributed by atoms with E-state index in [1.807, 2.05) is 0 Å². The predicted octanol–water partition coefficient (Wildman–Crippen LogP) is 2.49. The molecule has 2 N–H and O–H groups in total. The molecule has 0 aliphatic rings. The Labute approximate surface area is 91.6 Å². The predicted molar refractivity (Wildman–Crippen MR) is 56.7 cm³/mol. The number of aromatic nitrogens is 1. The van der Waals surface area contributed by atoms with Gasteiger partial charge in [-0.2, -0.15) is 0 Å². The quantitative estimate of drug-likeness (QED) is 0.814. The molecule has 0 saturated heterocycles. The Morgan fingerprint density at radius 2 is 2.33 bits per heavy atom. The number of ether oxygens (including phenoxy) is 1. The second kappa shape index (κ2) is 4.23. The van der Waals surface area contributed by atoms with Crippen molar-refractivity contribution in [2.45, 2.75) is 6.61 Å². The minimum atomic E-state index is 0.393. The number of hydrogen-bond donors (Lipinski definition) is 1. The summed E-state index contributed by atoms with van der Waals surface area (Å²) in [5, 5.41) is 4.05. The van der Waals surface area contributed by atoms with Gasteiger partial charge in [-0.15, -0.1) is 0 Å². The molecule has 15 heavy (non-hydrogen) atoms. The first-order valence-electron chi connectivity index (χ1n) is 4.32. The van der Waals surface area contributed by atoms with Gasteiger partial charge in [0.2, 0.25) is 0 Å². The highest BCUT2D eigenvalue weighted by Crippen LogP contribution is 2.24. The molecule has 0 aliphatic heterocycles. The zero-order chi connectivity index (χ0) is 10.7. The molecule has 2 aromatic rings. The van der Waals surface area contributed by atoms with Crippen molar-refractivity contribution < 1.29 is 9.26 Å². The SMILES string of the molecule is Nc1ccc(OCc2cnoc2)cc1Cl. The average molecular weight is 225 g/mol. The van der Waals surface area contributed by atoms with E-state index in [1.165, 1.54) is 6.26 Å². The summed E-state index contributed by atoms with van der Waals surface area (Å²) in [5.41, 5.74) is 6.97. The molecule has 0 spiro atoms. The van der Waals surface area contributed by atoms with Gasteiger partial charge in [-0.05, 0) is 12.1 Å². The second-order valence-electron chi connectivity index (χ2n) is 3.00. The first kappa shape index (κ1) is 9.86. The Hall–Kier alpha value is -1.68. The zero-order valence-electron chi connectivity index (χ0n) is 7.81. The van der Waals surface area contributed by atoms with Gasteiger partial charge in [-0.3, -0.25) is 0 Å². The van der Waals surface area contributed by atoms with E-state index in [0.29, 0.717) is 23.1 Å². The van der Waals surface area contributed by atoms with Crippen LogP contribution < -0.4 is 10.5 Å². The van der Waals surface area contributed by atoms with Crippen LogP contribution in [0, 0.1) is 0 Å². The maximum Gasteiger partial charge on any atom is 0.130 e.